The zero-order chi connectivity index (χ0) is 55.3. The molecule has 0 amide bonds. The molecule has 2 N–H and O–H groups in total. The number of rotatable bonds is 5. The second kappa shape index (κ2) is 17.4. The molecule has 18 aromatic rings. The van der Waals surface area contributed by atoms with Crippen LogP contribution in [0.15, 0.2) is 252 Å². The third-order valence-corrected chi connectivity index (χ3v) is 17.2. The first-order chi connectivity index (χ1) is 41.5. The highest BCUT2D eigenvalue weighted by molar-refractivity contribution is 6.37. The van der Waals surface area contributed by atoms with Crippen LogP contribution in [0.5, 0.6) is 0 Å². The summed E-state index contributed by atoms with van der Waals surface area (Å²) in [4.78, 5) is 58.2. The molecule has 12 aromatic carbocycles. The van der Waals surface area contributed by atoms with Crippen molar-refractivity contribution in [2.45, 2.75) is 0 Å². The summed E-state index contributed by atoms with van der Waals surface area (Å²) in [6, 6.07) is 82.6. The number of benzene rings is 12. The van der Waals surface area contributed by atoms with E-state index in [9.17, 15) is 4.79 Å². The molecule has 0 unspecified atom stereocenters. The maximum Gasteiger partial charge on any atom is 0.258 e. The van der Waals surface area contributed by atoms with Gasteiger partial charge >= 0.3 is 0 Å². The Bertz CT molecular complexity index is 6040. The largest absolute Gasteiger partial charge is 0.321 e. The molecule has 0 atom stereocenters. The van der Waals surface area contributed by atoms with E-state index in [-0.39, 0.29) is 11.1 Å². The molecule has 0 radical (unpaired) electrons. The Hall–Kier alpha value is -11.6. The van der Waals surface area contributed by atoms with Gasteiger partial charge in [0.2, 0.25) is 11.9 Å². The summed E-state index contributed by atoms with van der Waals surface area (Å²) in [6.07, 6.45) is 0. The maximum absolute atomic E-state index is 15.0. The number of nitrogens with one attached hydrogen (secondary N) is 2. The fraction of sp³-hybridized carbons (Fsp3) is 0. The van der Waals surface area contributed by atoms with Crippen molar-refractivity contribution in [2.75, 3.05) is 0 Å². The second-order valence-corrected chi connectivity index (χ2v) is 21.7. The molecule has 0 aliphatic rings. The van der Waals surface area contributed by atoms with Gasteiger partial charge in [-0.2, -0.15) is 0 Å². The number of aromatic nitrogens is 8. The summed E-state index contributed by atoms with van der Waals surface area (Å²) >= 11 is 0. The van der Waals surface area contributed by atoms with E-state index in [1.807, 2.05) is 121 Å². The van der Waals surface area contributed by atoms with Crippen LogP contribution in [-0.2, 0) is 0 Å². The van der Waals surface area contributed by atoms with Crippen molar-refractivity contribution in [2.24, 2.45) is 0 Å². The molecule has 390 valence electrons. The quantitative estimate of drug-likeness (QED) is 0.165. The second-order valence-electron chi connectivity index (χ2n) is 21.7. The van der Waals surface area contributed by atoms with E-state index in [0.717, 1.165) is 153 Å². The van der Waals surface area contributed by atoms with Gasteiger partial charge in [0, 0.05) is 81.4 Å². The molecule has 0 saturated carbocycles. The molecule has 6 aromatic heterocycles. The standard InChI is InChI=1S/C74H42N8O2/c83-71-65-62(49-26-10-15-31-56(49)75-71)53-39-43(35-37-47(53)69-64(65)52-29-13-18-34-60(52)81(69)73-77-57-32-16-11-27-50(57)67(79-73)41-19-3-1-4-20-41)44-36-38-58-54(40-44)68(42-21-5-2-6-22-42)80-74(78-58)82-59-33-17-12-28-51(59)63-46-24-8-7-23-45(46)61-48-25-9-14-30-55(48)76-72(84)66(61)70(63)82/h1-40H,(H,75,83)(H,76,84). The summed E-state index contributed by atoms with van der Waals surface area (Å²) in [5.74, 6) is 0.954. The fourth-order valence-electron chi connectivity index (χ4n) is 13.7. The normalized spacial score (nSPS) is 12.1. The minimum atomic E-state index is -0.181. The number of hydrogen-bond acceptors (Lipinski definition) is 6. The van der Waals surface area contributed by atoms with E-state index in [1.165, 1.54) is 0 Å². The molecule has 10 heteroatoms. The first kappa shape index (κ1) is 46.2. The number of pyridine rings is 2. The molecule has 0 aliphatic carbocycles. The minimum absolute atomic E-state index is 0.179. The summed E-state index contributed by atoms with van der Waals surface area (Å²) < 4.78 is 4.24. The third-order valence-electron chi connectivity index (χ3n) is 17.2. The molecule has 0 aliphatic heterocycles. The van der Waals surface area contributed by atoms with Gasteiger partial charge in [0.05, 0.1) is 55.3 Å². The number of fused-ring (bicyclic) bond motifs is 22. The smallest absolute Gasteiger partial charge is 0.258 e. The Balaban J connectivity index is 0.914. The van der Waals surface area contributed by atoms with Crippen LogP contribution in [-0.4, -0.2) is 39.0 Å². The molecule has 10 nitrogen and oxygen atoms in total. The van der Waals surface area contributed by atoms with Crippen LogP contribution in [0, 0.1) is 0 Å². The van der Waals surface area contributed by atoms with E-state index >= 15 is 4.79 Å². The highest BCUT2D eigenvalue weighted by Crippen LogP contribution is 2.46. The Labute approximate surface area is 475 Å². The van der Waals surface area contributed by atoms with Crippen LogP contribution < -0.4 is 11.1 Å². The van der Waals surface area contributed by atoms with Crippen molar-refractivity contribution < 1.29 is 0 Å². The summed E-state index contributed by atoms with van der Waals surface area (Å²) in [5.41, 5.74) is 11.4. The van der Waals surface area contributed by atoms with Crippen LogP contribution in [0.1, 0.15) is 0 Å². The molecule has 0 bridgehead atoms. The van der Waals surface area contributed by atoms with Crippen molar-refractivity contribution in [3.8, 4) is 45.5 Å². The summed E-state index contributed by atoms with van der Waals surface area (Å²) in [7, 11) is 0. The average Bonchev–Trinajstić information content (AvgIpc) is 1.56. The predicted molar refractivity (Wildman–Crippen MR) is 344 cm³/mol. The average molecular weight is 1080 g/mol. The summed E-state index contributed by atoms with van der Waals surface area (Å²) in [6.45, 7) is 0. The topological polar surface area (TPSA) is 127 Å². The van der Waals surface area contributed by atoms with Crippen LogP contribution in [0.25, 0.3) is 176 Å². The lowest BCUT2D eigenvalue weighted by Gasteiger charge is -2.16. The molecule has 0 spiro atoms. The first-order valence-electron chi connectivity index (χ1n) is 28.1. The fourth-order valence-corrected chi connectivity index (χ4v) is 13.7. The number of aromatic amines is 2. The SMILES string of the molecule is O=c1[nH]c2ccccc2c2c3cc(-c4ccc5nc(-n6c7ccccc7c7c8ccccc8c8c9ccccc9[nH]c(=O)c8c76)nc(-c6ccccc6)c5c4)ccc3c3c(c4ccccc4n3-c3nc(-c4ccccc4)c4ccccc4n3)c12. The van der Waals surface area contributed by atoms with Gasteiger partial charge in [-0.05, 0) is 75.8 Å². The van der Waals surface area contributed by atoms with Crippen LogP contribution in [0.3, 0.4) is 0 Å². The van der Waals surface area contributed by atoms with Crippen molar-refractivity contribution in [1.29, 1.82) is 0 Å². The van der Waals surface area contributed by atoms with Gasteiger partial charge in [-0.25, -0.2) is 19.9 Å². The van der Waals surface area contributed by atoms with Gasteiger partial charge in [-0.3, -0.25) is 18.7 Å². The van der Waals surface area contributed by atoms with Gasteiger partial charge in [-0.1, -0.05) is 194 Å². The van der Waals surface area contributed by atoms with Crippen molar-refractivity contribution in [1.82, 2.24) is 39.0 Å². The Morgan fingerprint density at radius 1 is 0.274 bits per heavy atom. The van der Waals surface area contributed by atoms with Crippen LogP contribution in [0.4, 0.5) is 0 Å². The van der Waals surface area contributed by atoms with E-state index in [2.05, 4.69) is 140 Å². The third kappa shape index (κ3) is 6.50. The molecule has 84 heavy (non-hydrogen) atoms. The van der Waals surface area contributed by atoms with Gasteiger partial charge in [0.25, 0.3) is 11.1 Å². The molecular weight excluding hydrogens is 1030 g/mol. The van der Waals surface area contributed by atoms with Crippen LogP contribution in [0.2, 0.25) is 0 Å². The highest BCUT2D eigenvalue weighted by Gasteiger charge is 2.27. The predicted octanol–water partition coefficient (Wildman–Crippen LogP) is 17.1. The van der Waals surface area contributed by atoms with Gasteiger partial charge in [-0.15, -0.1) is 0 Å². The van der Waals surface area contributed by atoms with E-state index < -0.39 is 0 Å². The maximum atomic E-state index is 15.0. The zero-order valence-electron chi connectivity index (χ0n) is 44.6. The monoisotopic (exact) mass is 1070 g/mol. The highest BCUT2D eigenvalue weighted by atomic mass is 16.1. The molecular formula is C74H42N8O2. The van der Waals surface area contributed by atoms with E-state index in [4.69, 9.17) is 19.9 Å². The lowest BCUT2D eigenvalue weighted by atomic mass is 9.92. The molecule has 18 rings (SSSR count). The number of para-hydroxylation sites is 5. The first-order valence-corrected chi connectivity index (χ1v) is 28.1. The number of hydrogen-bond donors (Lipinski definition) is 2. The van der Waals surface area contributed by atoms with Gasteiger partial charge in [0.15, 0.2) is 0 Å². The molecule has 6 heterocycles. The lowest BCUT2D eigenvalue weighted by molar-refractivity contribution is 1.02. The Morgan fingerprint density at radius 3 is 1.35 bits per heavy atom. The Morgan fingerprint density at radius 2 is 0.714 bits per heavy atom. The Kier molecular flexibility index (Phi) is 9.58. The van der Waals surface area contributed by atoms with E-state index in [0.29, 0.717) is 22.7 Å². The van der Waals surface area contributed by atoms with Crippen molar-refractivity contribution in [3.63, 3.8) is 0 Å². The van der Waals surface area contributed by atoms with Crippen LogP contribution >= 0.6 is 0 Å². The number of nitrogens with zero attached hydrogens (tertiary/aromatic N) is 6. The lowest BCUT2D eigenvalue weighted by Crippen LogP contribution is -2.10. The minimum Gasteiger partial charge on any atom is -0.321 e. The van der Waals surface area contributed by atoms with Gasteiger partial charge in [0.1, 0.15) is 0 Å². The summed E-state index contributed by atoms with van der Waals surface area (Å²) in [5, 5.41) is 14.3. The molecule has 0 fully saturated rings. The number of H-pyrrole nitrogens is 2. The van der Waals surface area contributed by atoms with Crippen molar-refractivity contribution in [3.05, 3.63) is 263 Å². The van der Waals surface area contributed by atoms with E-state index in [1.54, 1.807) is 0 Å². The molecule has 0 saturated heterocycles. The zero-order valence-corrected chi connectivity index (χ0v) is 44.6. The van der Waals surface area contributed by atoms with Gasteiger partial charge < -0.3 is 9.97 Å². The van der Waals surface area contributed by atoms with Crippen molar-refractivity contribution >= 4 is 130 Å².